The van der Waals surface area contributed by atoms with E-state index in [0.717, 1.165) is 11.8 Å². The lowest BCUT2D eigenvalue weighted by atomic mass is 10.3. The molecule has 0 fully saturated rings. The normalized spacial score (nSPS) is 11.5. The average Bonchev–Trinajstić information content (AvgIpc) is 2.79. The summed E-state index contributed by atoms with van der Waals surface area (Å²) in [6, 6.07) is 4.33. The minimum Gasteiger partial charge on any atom is -0.305 e. The third-order valence-electron chi connectivity index (χ3n) is 2.16. The number of non-ortho nitro benzene ring substituents is 1. The number of benzene rings is 1. The summed E-state index contributed by atoms with van der Waals surface area (Å²) in [5, 5.41) is 10.8. The van der Waals surface area contributed by atoms with Gasteiger partial charge in [0.1, 0.15) is 0 Å². The maximum absolute atomic E-state index is 10.8. The second-order valence-electron chi connectivity index (χ2n) is 3.43. The van der Waals surface area contributed by atoms with Crippen LogP contribution in [0.3, 0.4) is 0 Å². The molecule has 9 heteroatoms. The zero-order valence-electron chi connectivity index (χ0n) is 9.16. The summed E-state index contributed by atoms with van der Waals surface area (Å²) in [5.41, 5.74) is 0.583. The molecular formula is C10H6Cl3N3O2S. The third kappa shape index (κ3) is 3.76. The standard InChI is InChI=1S/C10H6Cl3N3O2S/c11-10(12,13)19-9-5-7(16(17)18)1-2-8(9)15-4-3-14-6-15/h1-6H. The molecule has 2 rings (SSSR count). The zero-order chi connectivity index (χ0) is 14.0. The van der Waals surface area contributed by atoms with Crippen LogP contribution in [0.4, 0.5) is 5.69 Å². The second-order valence-corrected chi connectivity index (χ2v) is 7.64. The molecule has 0 saturated heterocycles. The van der Waals surface area contributed by atoms with Crippen molar-refractivity contribution in [2.45, 2.75) is 8.02 Å². The van der Waals surface area contributed by atoms with Crippen LogP contribution < -0.4 is 0 Å². The van der Waals surface area contributed by atoms with Gasteiger partial charge in [-0.25, -0.2) is 4.98 Å². The van der Waals surface area contributed by atoms with Gasteiger partial charge in [-0.1, -0.05) is 46.6 Å². The molecule has 0 spiro atoms. The van der Waals surface area contributed by atoms with E-state index in [2.05, 4.69) is 4.98 Å². The molecule has 0 amide bonds. The van der Waals surface area contributed by atoms with Crippen molar-refractivity contribution in [2.24, 2.45) is 0 Å². The Bertz CT molecular complexity index is 599. The van der Waals surface area contributed by atoms with Crippen LogP contribution in [0, 0.1) is 10.1 Å². The predicted octanol–water partition coefficient (Wildman–Crippen LogP) is 4.20. The maximum atomic E-state index is 10.8. The minimum atomic E-state index is -1.61. The summed E-state index contributed by atoms with van der Waals surface area (Å²) in [5.74, 6) is 0. The first-order chi connectivity index (χ1) is 8.87. The first kappa shape index (κ1) is 14.5. The fourth-order valence-electron chi connectivity index (χ4n) is 1.44. The van der Waals surface area contributed by atoms with Gasteiger partial charge in [0.2, 0.25) is 3.12 Å². The predicted molar refractivity (Wildman–Crippen MR) is 76.4 cm³/mol. The SMILES string of the molecule is O=[N+]([O-])c1ccc(-n2ccnc2)c(SC(Cl)(Cl)Cl)c1. The number of hydrogen-bond acceptors (Lipinski definition) is 4. The van der Waals surface area contributed by atoms with Crippen molar-refractivity contribution in [1.82, 2.24) is 9.55 Å². The van der Waals surface area contributed by atoms with E-state index >= 15 is 0 Å². The maximum Gasteiger partial charge on any atom is 0.270 e. The van der Waals surface area contributed by atoms with Gasteiger partial charge in [0, 0.05) is 29.4 Å². The van der Waals surface area contributed by atoms with E-state index in [4.69, 9.17) is 34.8 Å². The lowest BCUT2D eigenvalue weighted by molar-refractivity contribution is -0.385. The minimum absolute atomic E-state index is 0.0689. The number of imidazole rings is 1. The van der Waals surface area contributed by atoms with Gasteiger partial charge in [-0.15, -0.1) is 0 Å². The van der Waals surface area contributed by atoms with E-state index < -0.39 is 8.05 Å². The lowest BCUT2D eigenvalue weighted by Crippen LogP contribution is -2.00. The number of hydrogen-bond donors (Lipinski definition) is 0. The number of nitro groups is 1. The lowest BCUT2D eigenvalue weighted by Gasteiger charge is -2.14. The molecule has 2 aromatic rings. The Labute approximate surface area is 127 Å². The van der Waals surface area contributed by atoms with Crippen molar-refractivity contribution in [2.75, 3.05) is 0 Å². The number of rotatable bonds is 3. The summed E-state index contributed by atoms with van der Waals surface area (Å²) in [4.78, 5) is 14.7. The van der Waals surface area contributed by atoms with Crippen molar-refractivity contribution in [3.05, 3.63) is 47.0 Å². The Balaban J connectivity index is 2.51. The number of halogens is 3. The van der Waals surface area contributed by atoms with Gasteiger partial charge in [-0.3, -0.25) is 10.1 Å². The molecule has 0 saturated carbocycles. The summed E-state index contributed by atoms with van der Waals surface area (Å²) in [7, 11) is 0. The van der Waals surface area contributed by atoms with E-state index in [1.54, 1.807) is 29.4 Å². The van der Waals surface area contributed by atoms with Crippen LogP contribution in [-0.2, 0) is 0 Å². The average molecular weight is 339 g/mol. The van der Waals surface area contributed by atoms with Crippen LogP contribution in [0.15, 0.2) is 41.8 Å². The van der Waals surface area contributed by atoms with Crippen LogP contribution in [-0.4, -0.2) is 17.6 Å². The Morgan fingerprint density at radius 1 is 1.37 bits per heavy atom. The fraction of sp³-hybridized carbons (Fsp3) is 0.100. The van der Waals surface area contributed by atoms with Crippen LogP contribution in [0.25, 0.3) is 5.69 Å². The molecule has 0 aliphatic heterocycles. The van der Waals surface area contributed by atoms with Crippen molar-refractivity contribution < 1.29 is 4.92 Å². The van der Waals surface area contributed by atoms with Gasteiger partial charge in [-0.05, 0) is 6.07 Å². The highest BCUT2D eigenvalue weighted by Gasteiger charge is 2.25. The van der Waals surface area contributed by atoms with Crippen molar-refractivity contribution >= 4 is 52.3 Å². The Morgan fingerprint density at radius 2 is 2.11 bits per heavy atom. The molecule has 1 aromatic heterocycles. The Morgan fingerprint density at radius 3 is 2.63 bits per heavy atom. The van der Waals surface area contributed by atoms with E-state index in [-0.39, 0.29) is 5.69 Å². The van der Waals surface area contributed by atoms with Crippen LogP contribution >= 0.6 is 46.6 Å². The molecule has 19 heavy (non-hydrogen) atoms. The van der Waals surface area contributed by atoms with Crippen molar-refractivity contribution in [3.63, 3.8) is 0 Å². The monoisotopic (exact) mass is 337 g/mol. The highest BCUT2D eigenvalue weighted by atomic mass is 35.6. The number of thioether (sulfide) groups is 1. The van der Waals surface area contributed by atoms with Crippen molar-refractivity contribution in [3.8, 4) is 5.69 Å². The van der Waals surface area contributed by atoms with Crippen molar-refractivity contribution in [1.29, 1.82) is 0 Å². The van der Waals surface area contributed by atoms with E-state index in [0.29, 0.717) is 10.6 Å². The molecule has 0 N–H and O–H groups in total. The summed E-state index contributed by atoms with van der Waals surface area (Å²) in [6.45, 7) is 0. The van der Waals surface area contributed by atoms with E-state index in [1.165, 1.54) is 12.1 Å². The molecule has 5 nitrogen and oxygen atoms in total. The Kier molecular flexibility index (Phi) is 4.25. The topological polar surface area (TPSA) is 61.0 Å². The summed E-state index contributed by atoms with van der Waals surface area (Å²) >= 11 is 18.1. The van der Waals surface area contributed by atoms with Gasteiger partial charge in [0.25, 0.3) is 5.69 Å². The van der Waals surface area contributed by atoms with Crippen LogP contribution in [0.5, 0.6) is 0 Å². The summed E-state index contributed by atoms with van der Waals surface area (Å²) < 4.78 is 0.0764. The molecule has 0 aliphatic rings. The van der Waals surface area contributed by atoms with Crippen LogP contribution in [0.1, 0.15) is 0 Å². The van der Waals surface area contributed by atoms with E-state index in [9.17, 15) is 10.1 Å². The number of nitrogens with zero attached hydrogens (tertiary/aromatic N) is 3. The molecule has 0 bridgehead atoms. The summed E-state index contributed by atoms with van der Waals surface area (Å²) in [6.07, 6.45) is 4.85. The van der Waals surface area contributed by atoms with Gasteiger partial charge in [0.05, 0.1) is 16.9 Å². The molecule has 1 aromatic carbocycles. The van der Waals surface area contributed by atoms with Gasteiger partial charge < -0.3 is 4.57 Å². The fourth-order valence-corrected chi connectivity index (χ4v) is 2.89. The molecule has 0 radical (unpaired) electrons. The number of alkyl halides is 3. The molecule has 0 atom stereocenters. The number of nitro benzene ring substituents is 1. The molecule has 100 valence electrons. The number of aromatic nitrogens is 2. The van der Waals surface area contributed by atoms with E-state index in [1.807, 2.05) is 0 Å². The van der Waals surface area contributed by atoms with Crippen LogP contribution in [0.2, 0.25) is 0 Å². The Hall–Kier alpha value is -0.950. The molecule has 0 aliphatic carbocycles. The third-order valence-corrected chi connectivity index (χ3v) is 3.64. The van der Waals surface area contributed by atoms with Gasteiger partial charge in [0.15, 0.2) is 0 Å². The first-order valence-electron chi connectivity index (χ1n) is 4.89. The molecular weight excluding hydrogens is 333 g/mol. The highest BCUT2D eigenvalue weighted by molar-refractivity contribution is 8.04. The van der Waals surface area contributed by atoms with Gasteiger partial charge >= 0.3 is 0 Å². The van der Waals surface area contributed by atoms with Gasteiger partial charge in [-0.2, -0.15) is 0 Å². The molecule has 0 unspecified atom stereocenters. The quantitative estimate of drug-likeness (QED) is 0.364. The molecule has 1 heterocycles. The zero-order valence-corrected chi connectivity index (χ0v) is 12.2. The highest BCUT2D eigenvalue weighted by Crippen LogP contribution is 2.46. The first-order valence-corrected chi connectivity index (χ1v) is 6.84. The second kappa shape index (κ2) is 5.58. The largest absolute Gasteiger partial charge is 0.305 e. The smallest absolute Gasteiger partial charge is 0.270 e.